The Bertz CT molecular complexity index is 914. The van der Waals surface area contributed by atoms with E-state index in [2.05, 4.69) is 10.0 Å². The Kier molecular flexibility index (Phi) is 8.22. The van der Waals surface area contributed by atoms with Crippen molar-refractivity contribution in [2.45, 2.75) is 57.0 Å². The van der Waals surface area contributed by atoms with Crippen molar-refractivity contribution in [2.24, 2.45) is 0 Å². The van der Waals surface area contributed by atoms with Gasteiger partial charge in [-0.25, -0.2) is 8.42 Å². The summed E-state index contributed by atoms with van der Waals surface area (Å²) in [6.07, 6.45) is 2.02. The topological polar surface area (TPSA) is 84.5 Å². The number of carbonyl (C=O) groups excluding carboxylic acids is 1. The number of aryl methyl sites for hydroxylation is 1. The zero-order valence-electron chi connectivity index (χ0n) is 17.4. The number of hydrogen-bond donors (Lipinski definition) is 2. The molecule has 158 valence electrons. The number of benzene rings is 2. The molecule has 0 aliphatic carbocycles. The van der Waals surface area contributed by atoms with Gasteiger partial charge >= 0.3 is 0 Å². The van der Waals surface area contributed by atoms with E-state index in [0.717, 1.165) is 18.4 Å². The summed E-state index contributed by atoms with van der Waals surface area (Å²) in [6.45, 7) is 5.74. The monoisotopic (exact) mass is 418 g/mol. The lowest BCUT2D eigenvalue weighted by atomic mass is 10.1. The summed E-state index contributed by atoms with van der Waals surface area (Å²) in [7, 11) is -2.35. The molecule has 29 heavy (non-hydrogen) atoms. The van der Waals surface area contributed by atoms with Gasteiger partial charge in [-0.15, -0.1) is 0 Å². The van der Waals surface area contributed by atoms with Crippen molar-refractivity contribution in [1.29, 1.82) is 0 Å². The molecular formula is C22H30N2O4S. The molecule has 0 bridgehead atoms. The maximum atomic E-state index is 13.0. The van der Waals surface area contributed by atoms with Gasteiger partial charge in [0.15, 0.2) is 0 Å². The van der Waals surface area contributed by atoms with E-state index in [1.807, 2.05) is 44.2 Å². The molecule has 2 rings (SSSR count). The Balaban J connectivity index is 2.27. The third kappa shape index (κ3) is 6.58. The number of ether oxygens (including phenoxy) is 1. The van der Waals surface area contributed by atoms with Crippen molar-refractivity contribution >= 4 is 15.9 Å². The average Bonchev–Trinajstić information content (AvgIpc) is 2.68. The first kappa shape index (κ1) is 22.9. The summed E-state index contributed by atoms with van der Waals surface area (Å²) >= 11 is 0. The van der Waals surface area contributed by atoms with Crippen LogP contribution in [0.1, 0.15) is 37.8 Å². The van der Waals surface area contributed by atoms with E-state index in [1.54, 1.807) is 19.1 Å². The second kappa shape index (κ2) is 10.4. The standard InChI is InChI=1S/C22H30N2O4S/c1-5-9-17(3)23-22(25)20(15-18-10-7-6-8-11-18)24-29(26,27)19-12-13-21(28-4)16(2)14-19/h6-8,10-14,17,20,24H,5,9,15H2,1-4H3,(H,23,25)/t17-,20+/m1/s1. The molecule has 6 nitrogen and oxygen atoms in total. The molecule has 7 heteroatoms. The van der Waals surface area contributed by atoms with Gasteiger partial charge in [-0.3, -0.25) is 4.79 Å². The summed E-state index contributed by atoms with van der Waals surface area (Å²) in [5.41, 5.74) is 1.58. The number of sulfonamides is 1. The number of amides is 1. The zero-order chi connectivity index (χ0) is 21.4. The maximum absolute atomic E-state index is 13.0. The zero-order valence-corrected chi connectivity index (χ0v) is 18.3. The van der Waals surface area contributed by atoms with Gasteiger partial charge in [0.2, 0.25) is 15.9 Å². The summed E-state index contributed by atoms with van der Waals surface area (Å²) < 4.78 is 33.7. The van der Waals surface area contributed by atoms with Crippen LogP contribution in [0.15, 0.2) is 53.4 Å². The summed E-state index contributed by atoms with van der Waals surface area (Å²) in [5.74, 6) is 0.277. The molecule has 2 N–H and O–H groups in total. The molecule has 2 atom stereocenters. The SMILES string of the molecule is CCC[C@@H](C)NC(=O)[C@H](Cc1ccccc1)NS(=O)(=O)c1ccc(OC)c(C)c1. The molecule has 0 saturated carbocycles. The van der Waals surface area contributed by atoms with E-state index in [9.17, 15) is 13.2 Å². The Morgan fingerprint density at radius 1 is 1.14 bits per heavy atom. The van der Waals surface area contributed by atoms with E-state index in [-0.39, 0.29) is 23.3 Å². The van der Waals surface area contributed by atoms with Crippen LogP contribution in [0.25, 0.3) is 0 Å². The fraction of sp³-hybridized carbons (Fsp3) is 0.409. The van der Waals surface area contributed by atoms with Crippen molar-refractivity contribution in [3.05, 3.63) is 59.7 Å². The molecule has 0 aliphatic rings. The van der Waals surface area contributed by atoms with Gasteiger partial charge in [0.05, 0.1) is 12.0 Å². The van der Waals surface area contributed by atoms with Crippen molar-refractivity contribution in [3.63, 3.8) is 0 Å². The van der Waals surface area contributed by atoms with E-state index in [0.29, 0.717) is 11.3 Å². The third-order valence-corrected chi connectivity index (χ3v) is 6.15. The van der Waals surface area contributed by atoms with Crippen LogP contribution in [-0.4, -0.2) is 33.5 Å². The lowest BCUT2D eigenvalue weighted by Crippen LogP contribution is -2.50. The second-order valence-electron chi connectivity index (χ2n) is 7.19. The molecular weight excluding hydrogens is 388 g/mol. The van der Waals surface area contributed by atoms with Crippen molar-refractivity contribution < 1.29 is 17.9 Å². The van der Waals surface area contributed by atoms with Gasteiger partial charge in [0, 0.05) is 6.04 Å². The number of methoxy groups -OCH3 is 1. The van der Waals surface area contributed by atoms with Crippen LogP contribution in [0.5, 0.6) is 5.75 Å². The normalized spacial score (nSPS) is 13.5. The minimum absolute atomic E-state index is 0.0292. The van der Waals surface area contributed by atoms with E-state index in [1.165, 1.54) is 13.2 Å². The van der Waals surface area contributed by atoms with Crippen LogP contribution in [-0.2, 0) is 21.2 Å². The Hall–Kier alpha value is -2.38. The Morgan fingerprint density at radius 2 is 1.83 bits per heavy atom. The highest BCUT2D eigenvalue weighted by Crippen LogP contribution is 2.21. The number of nitrogens with one attached hydrogen (secondary N) is 2. The van der Waals surface area contributed by atoms with E-state index >= 15 is 0 Å². The predicted molar refractivity (Wildman–Crippen MR) is 114 cm³/mol. The number of carbonyl (C=O) groups is 1. The molecule has 0 heterocycles. The van der Waals surface area contributed by atoms with Gasteiger partial charge in [-0.1, -0.05) is 43.7 Å². The first-order valence-electron chi connectivity index (χ1n) is 9.78. The van der Waals surface area contributed by atoms with Gasteiger partial charge in [-0.05, 0) is 56.0 Å². The van der Waals surface area contributed by atoms with Gasteiger partial charge in [-0.2, -0.15) is 4.72 Å². The predicted octanol–water partition coefficient (Wildman–Crippen LogP) is 3.20. The number of rotatable bonds is 10. The highest BCUT2D eigenvalue weighted by atomic mass is 32.2. The maximum Gasteiger partial charge on any atom is 0.241 e. The van der Waals surface area contributed by atoms with Crippen LogP contribution in [0.4, 0.5) is 0 Å². The molecule has 2 aromatic rings. The highest BCUT2D eigenvalue weighted by molar-refractivity contribution is 7.89. The first-order valence-corrected chi connectivity index (χ1v) is 11.3. The van der Waals surface area contributed by atoms with Crippen molar-refractivity contribution in [3.8, 4) is 5.75 Å². The third-order valence-electron chi connectivity index (χ3n) is 4.68. The number of hydrogen-bond acceptors (Lipinski definition) is 4. The van der Waals surface area contributed by atoms with Gasteiger partial charge < -0.3 is 10.1 Å². The summed E-state index contributed by atoms with van der Waals surface area (Å²) in [5, 5.41) is 2.92. The lowest BCUT2D eigenvalue weighted by Gasteiger charge is -2.21. The minimum atomic E-state index is -3.89. The molecule has 0 aromatic heterocycles. The Morgan fingerprint density at radius 3 is 2.41 bits per heavy atom. The van der Waals surface area contributed by atoms with Gasteiger partial charge in [0.25, 0.3) is 0 Å². The Labute approximate surface area is 173 Å². The van der Waals surface area contributed by atoms with Crippen LogP contribution < -0.4 is 14.8 Å². The largest absolute Gasteiger partial charge is 0.496 e. The van der Waals surface area contributed by atoms with Crippen molar-refractivity contribution in [1.82, 2.24) is 10.0 Å². The van der Waals surface area contributed by atoms with E-state index in [4.69, 9.17) is 4.74 Å². The van der Waals surface area contributed by atoms with Crippen molar-refractivity contribution in [2.75, 3.05) is 7.11 Å². The van der Waals surface area contributed by atoms with Gasteiger partial charge in [0.1, 0.15) is 11.8 Å². The highest BCUT2D eigenvalue weighted by Gasteiger charge is 2.27. The molecule has 0 aliphatic heterocycles. The summed E-state index contributed by atoms with van der Waals surface area (Å²) in [4.78, 5) is 13.0. The summed E-state index contributed by atoms with van der Waals surface area (Å²) in [6, 6.07) is 13.1. The molecule has 0 saturated heterocycles. The molecule has 0 spiro atoms. The smallest absolute Gasteiger partial charge is 0.241 e. The van der Waals surface area contributed by atoms with Crippen LogP contribution in [0.3, 0.4) is 0 Å². The quantitative estimate of drug-likeness (QED) is 0.621. The molecule has 0 radical (unpaired) electrons. The van der Waals surface area contributed by atoms with Crippen LogP contribution >= 0.6 is 0 Å². The first-order chi connectivity index (χ1) is 13.8. The van der Waals surface area contributed by atoms with Crippen LogP contribution in [0.2, 0.25) is 0 Å². The fourth-order valence-electron chi connectivity index (χ4n) is 3.16. The lowest BCUT2D eigenvalue weighted by molar-refractivity contribution is -0.123. The molecule has 0 fully saturated rings. The molecule has 1 amide bonds. The molecule has 2 aromatic carbocycles. The van der Waals surface area contributed by atoms with Crippen LogP contribution in [0, 0.1) is 6.92 Å². The molecule has 0 unspecified atom stereocenters. The average molecular weight is 419 g/mol. The van der Waals surface area contributed by atoms with E-state index < -0.39 is 16.1 Å². The minimum Gasteiger partial charge on any atom is -0.496 e. The fourth-order valence-corrected chi connectivity index (χ4v) is 4.44. The second-order valence-corrected chi connectivity index (χ2v) is 8.91.